The Hall–Kier alpha value is -1.52. The smallest absolute Gasteiger partial charge is 0.317 e. The Morgan fingerprint density at radius 1 is 1.14 bits per heavy atom. The van der Waals surface area contributed by atoms with Gasteiger partial charge in [-0.05, 0) is 25.7 Å². The standard InChI is InChI=1S/C16H27N3O2/c1-2-10-17-15(20)13-7-6-11-19(12-13)16(21)18-14-8-4-3-5-9-14/h2,13-14H,1,3-12H2,(H,17,20)(H,18,21). The molecule has 0 radical (unpaired) electrons. The number of amides is 3. The van der Waals surface area contributed by atoms with Crippen molar-refractivity contribution in [3.63, 3.8) is 0 Å². The lowest BCUT2D eigenvalue weighted by atomic mass is 9.95. The molecule has 0 aromatic carbocycles. The van der Waals surface area contributed by atoms with Crippen LogP contribution in [0.3, 0.4) is 0 Å². The topological polar surface area (TPSA) is 61.4 Å². The number of likely N-dealkylation sites (tertiary alicyclic amines) is 1. The molecule has 1 aliphatic heterocycles. The minimum absolute atomic E-state index is 0.00289. The summed E-state index contributed by atoms with van der Waals surface area (Å²) in [6, 6.07) is 0.323. The van der Waals surface area contributed by atoms with Crippen LogP contribution in [-0.2, 0) is 4.79 Å². The summed E-state index contributed by atoms with van der Waals surface area (Å²) in [5.41, 5.74) is 0. The molecule has 3 amide bonds. The van der Waals surface area contributed by atoms with Crippen LogP contribution in [0.4, 0.5) is 4.79 Å². The second kappa shape index (κ2) is 8.05. The normalized spacial score (nSPS) is 23.4. The lowest BCUT2D eigenvalue weighted by Crippen LogP contribution is -2.51. The van der Waals surface area contributed by atoms with Crippen LogP contribution >= 0.6 is 0 Å². The molecule has 1 heterocycles. The van der Waals surface area contributed by atoms with Crippen LogP contribution in [0.15, 0.2) is 12.7 Å². The van der Waals surface area contributed by atoms with E-state index in [4.69, 9.17) is 0 Å². The molecule has 1 atom stereocenters. The zero-order chi connectivity index (χ0) is 15.1. The third-order valence-electron chi connectivity index (χ3n) is 4.43. The van der Waals surface area contributed by atoms with Gasteiger partial charge in [0.15, 0.2) is 0 Å². The van der Waals surface area contributed by atoms with Crippen LogP contribution in [0.2, 0.25) is 0 Å². The predicted octanol–water partition coefficient (Wildman–Crippen LogP) is 2.04. The number of hydrogen-bond donors (Lipinski definition) is 2. The zero-order valence-corrected chi connectivity index (χ0v) is 12.8. The van der Waals surface area contributed by atoms with Crippen molar-refractivity contribution >= 4 is 11.9 Å². The quantitative estimate of drug-likeness (QED) is 0.779. The lowest BCUT2D eigenvalue weighted by Gasteiger charge is -2.34. The summed E-state index contributed by atoms with van der Waals surface area (Å²) in [7, 11) is 0. The summed E-state index contributed by atoms with van der Waals surface area (Å²) >= 11 is 0. The summed E-state index contributed by atoms with van der Waals surface area (Å²) in [5.74, 6) is -0.0547. The molecular formula is C16H27N3O2. The van der Waals surface area contributed by atoms with Gasteiger partial charge in [-0.3, -0.25) is 4.79 Å². The van der Waals surface area contributed by atoms with Crippen molar-refractivity contribution in [2.45, 2.75) is 51.0 Å². The monoisotopic (exact) mass is 293 g/mol. The Bertz CT molecular complexity index is 378. The maximum atomic E-state index is 12.3. The summed E-state index contributed by atoms with van der Waals surface area (Å²) in [6.45, 7) is 5.37. The minimum atomic E-state index is -0.0872. The van der Waals surface area contributed by atoms with E-state index in [1.54, 1.807) is 11.0 Å². The van der Waals surface area contributed by atoms with E-state index in [9.17, 15) is 9.59 Å². The molecule has 0 aromatic rings. The van der Waals surface area contributed by atoms with Gasteiger partial charge < -0.3 is 15.5 Å². The molecule has 1 saturated carbocycles. The van der Waals surface area contributed by atoms with Gasteiger partial charge >= 0.3 is 6.03 Å². The van der Waals surface area contributed by atoms with Crippen molar-refractivity contribution < 1.29 is 9.59 Å². The molecule has 0 spiro atoms. The van der Waals surface area contributed by atoms with Gasteiger partial charge in [-0.15, -0.1) is 6.58 Å². The summed E-state index contributed by atoms with van der Waals surface area (Å²) in [4.78, 5) is 26.1. The van der Waals surface area contributed by atoms with Gasteiger partial charge in [-0.25, -0.2) is 4.79 Å². The van der Waals surface area contributed by atoms with Gasteiger partial charge in [0.05, 0.1) is 5.92 Å². The van der Waals surface area contributed by atoms with Crippen LogP contribution < -0.4 is 10.6 Å². The van der Waals surface area contributed by atoms with Crippen LogP contribution in [-0.4, -0.2) is 42.5 Å². The Morgan fingerprint density at radius 2 is 1.90 bits per heavy atom. The minimum Gasteiger partial charge on any atom is -0.352 e. The van der Waals surface area contributed by atoms with Crippen LogP contribution in [0.25, 0.3) is 0 Å². The Balaban J connectivity index is 1.80. The first-order chi connectivity index (χ1) is 10.2. The van der Waals surface area contributed by atoms with Crippen molar-refractivity contribution in [2.24, 2.45) is 5.92 Å². The molecule has 1 saturated heterocycles. The fourth-order valence-corrected chi connectivity index (χ4v) is 3.21. The SMILES string of the molecule is C=CCNC(=O)C1CCCN(C(=O)NC2CCCCC2)C1. The van der Waals surface area contributed by atoms with Crippen LogP contribution in [0.1, 0.15) is 44.9 Å². The molecule has 0 aromatic heterocycles. The maximum absolute atomic E-state index is 12.3. The largest absolute Gasteiger partial charge is 0.352 e. The molecule has 2 aliphatic rings. The number of rotatable bonds is 4. The van der Waals surface area contributed by atoms with Gasteiger partial charge in [-0.2, -0.15) is 0 Å². The number of urea groups is 1. The summed E-state index contributed by atoms with van der Waals surface area (Å²) in [5, 5.41) is 5.96. The molecule has 2 N–H and O–H groups in total. The molecule has 5 heteroatoms. The third kappa shape index (κ3) is 4.76. The average Bonchev–Trinajstić information content (AvgIpc) is 2.53. The number of hydrogen-bond acceptors (Lipinski definition) is 2. The molecule has 5 nitrogen and oxygen atoms in total. The molecule has 21 heavy (non-hydrogen) atoms. The van der Waals surface area contributed by atoms with Crippen molar-refractivity contribution in [2.75, 3.05) is 19.6 Å². The average molecular weight is 293 g/mol. The fourth-order valence-electron chi connectivity index (χ4n) is 3.21. The first-order valence-corrected chi connectivity index (χ1v) is 8.14. The number of carbonyl (C=O) groups is 2. The Labute approximate surface area is 127 Å². The summed E-state index contributed by atoms with van der Waals surface area (Å²) in [6.07, 6.45) is 9.29. The van der Waals surface area contributed by atoms with Gasteiger partial charge in [0.1, 0.15) is 0 Å². The Kier molecular flexibility index (Phi) is 6.08. The number of piperidine rings is 1. The van der Waals surface area contributed by atoms with E-state index in [0.29, 0.717) is 19.1 Å². The molecule has 118 valence electrons. The van der Waals surface area contributed by atoms with Crippen molar-refractivity contribution in [3.05, 3.63) is 12.7 Å². The number of carbonyl (C=O) groups excluding carboxylic acids is 2. The predicted molar refractivity (Wildman–Crippen MR) is 82.9 cm³/mol. The van der Waals surface area contributed by atoms with E-state index in [2.05, 4.69) is 17.2 Å². The second-order valence-electron chi connectivity index (χ2n) is 6.10. The molecule has 2 rings (SSSR count). The first kappa shape index (κ1) is 15.9. The molecule has 2 fully saturated rings. The highest BCUT2D eigenvalue weighted by Crippen LogP contribution is 2.20. The summed E-state index contributed by atoms with van der Waals surface area (Å²) < 4.78 is 0. The van der Waals surface area contributed by atoms with Gasteiger partial charge in [-0.1, -0.05) is 25.3 Å². The highest BCUT2D eigenvalue weighted by molar-refractivity contribution is 5.81. The number of nitrogens with zero attached hydrogens (tertiary/aromatic N) is 1. The van der Waals surface area contributed by atoms with E-state index < -0.39 is 0 Å². The van der Waals surface area contributed by atoms with Gasteiger partial charge in [0.2, 0.25) is 5.91 Å². The Morgan fingerprint density at radius 3 is 2.62 bits per heavy atom. The van der Waals surface area contributed by atoms with Crippen LogP contribution in [0, 0.1) is 5.92 Å². The van der Waals surface area contributed by atoms with Gasteiger partial charge in [0, 0.05) is 25.7 Å². The lowest BCUT2D eigenvalue weighted by molar-refractivity contribution is -0.126. The molecule has 1 unspecified atom stereocenters. The van der Waals surface area contributed by atoms with Crippen molar-refractivity contribution in [3.8, 4) is 0 Å². The highest BCUT2D eigenvalue weighted by atomic mass is 16.2. The molecular weight excluding hydrogens is 266 g/mol. The van der Waals surface area contributed by atoms with Crippen molar-refractivity contribution in [1.82, 2.24) is 15.5 Å². The molecule has 1 aliphatic carbocycles. The van der Waals surface area contributed by atoms with E-state index in [0.717, 1.165) is 32.2 Å². The third-order valence-corrected chi connectivity index (χ3v) is 4.43. The van der Waals surface area contributed by atoms with Crippen molar-refractivity contribution in [1.29, 1.82) is 0 Å². The van der Waals surface area contributed by atoms with Crippen LogP contribution in [0.5, 0.6) is 0 Å². The van der Waals surface area contributed by atoms with Gasteiger partial charge in [0.25, 0.3) is 0 Å². The molecule has 0 bridgehead atoms. The maximum Gasteiger partial charge on any atom is 0.317 e. The van der Waals surface area contributed by atoms with E-state index in [1.807, 2.05) is 0 Å². The van der Waals surface area contributed by atoms with E-state index in [1.165, 1.54) is 19.3 Å². The second-order valence-corrected chi connectivity index (χ2v) is 6.10. The van der Waals surface area contributed by atoms with E-state index in [-0.39, 0.29) is 17.9 Å². The van der Waals surface area contributed by atoms with E-state index >= 15 is 0 Å². The first-order valence-electron chi connectivity index (χ1n) is 8.14. The zero-order valence-electron chi connectivity index (χ0n) is 12.8. The number of nitrogens with one attached hydrogen (secondary N) is 2. The fraction of sp³-hybridized carbons (Fsp3) is 0.750. The highest BCUT2D eigenvalue weighted by Gasteiger charge is 2.29.